The third-order valence-electron chi connectivity index (χ3n) is 12.2. The van der Waals surface area contributed by atoms with Crippen molar-refractivity contribution in [3.63, 3.8) is 0 Å². The molecule has 2 amide bonds. The summed E-state index contributed by atoms with van der Waals surface area (Å²) in [5.41, 5.74) is 2.55. The van der Waals surface area contributed by atoms with E-state index in [2.05, 4.69) is 20.6 Å². The molecule has 5 rings (SSSR count). The van der Waals surface area contributed by atoms with Crippen molar-refractivity contribution in [3.8, 4) is 0 Å². The van der Waals surface area contributed by atoms with Gasteiger partial charge in [-0.05, 0) is 74.2 Å². The van der Waals surface area contributed by atoms with Crippen LogP contribution in [0.2, 0.25) is 0 Å². The minimum absolute atomic E-state index is 0. The van der Waals surface area contributed by atoms with Crippen LogP contribution in [0.25, 0.3) is 0 Å². The van der Waals surface area contributed by atoms with E-state index in [9.17, 15) is 69.0 Å². The van der Waals surface area contributed by atoms with Crippen LogP contribution in [-0.4, -0.2) is 191 Å². The van der Waals surface area contributed by atoms with Crippen molar-refractivity contribution in [2.75, 3.05) is 91.6 Å². The zero-order chi connectivity index (χ0) is 52.2. The third-order valence-corrected chi connectivity index (χ3v) is 12.2. The van der Waals surface area contributed by atoms with Gasteiger partial charge < -0.3 is 70.0 Å². The van der Waals surface area contributed by atoms with E-state index in [1.54, 1.807) is 65.8 Å². The van der Waals surface area contributed by atoms with Crippen LogP contribution in [0.1, 0.15) is 69.2 Å². The smallest absolute Gasteiger partial charge is 0.549 e. The zero-order valence-electron chi connectivity index (χ0n) is 40.3. The van der Waals surface area contributed by atoms with Crippen LogP contribution in [0, 0.1) is 73.7 Å². The number of hydrogen-bond donors (Lipinski definition) is 2. The number of rotatable bonds is 22. The molecule has 2 unspecified atom stereocenters. The Morgan fingerprint density at radius 2 is 0.703 bits per heavy atom. The molecule has 26 heteroatoms. The molecule has 2 aliphatic heterocycles. The minimum Gasteiger partial charge on any atom is -0.549 e. The second-order valence-corrected chi connectivity index (χ2v) is 17.7. The second-order valence-electron chi connectivity index (χ2n) is 17.7. The fraction of sp³-hybridized carbons (Fsp3) is 0.500. The van der Waals surface area contributed by atoms with Crippen molar-refractivity contribution in [3.05, 3.63) is 94.6 Å². The predicted molar refractivity (Wildman–Crippen MR) is 240 cm³/mol. The van der Waals surface area contributed by atoms with Crippen LogP contribution in [-0.2, 0) is 54.9 Å². The maximum absolute atomic E-state index is 13.1. The molecule has 24 nitrogen and oxygen atoms in total. The first kappa shape index (κ1) is 63.8. The van der Waals surface area contributed by atoms with E-state index in [0.29, 0.717) is 22.8 Å². The van der Waals surface area contributed by atoms with Gasteiger partial charge in [0.15, 0.2) is 0 Å². The van der Waals surface area contributed by atoms with Gasteiger partial charge in [-0.1, -0.05) is 12.1 Å². The number of aliphatic carboxylic acids is 6. The number of hydrogen-bond acceptors (Lipinski definition) is 22. The Bertz CT molecular complexity index is 2120. The van der Waals surface area contributed by atoms with Gasteiger partial charge in [0.25, 0.3) is 11.8 Å². The Morgan fingerprint density at radius 1 is 0.432 bits per heavy atom. The summed E-state index contributed by atoms with van der Waals surface area (Å²) in [4.78, 5) is 116. The summed E-state index contributed by atoms with van der Waals surface area (Å²) in [5.74, 6) is -9.14. The van der Waals surface area contributed by atoms with Gasteiger partial charge in [-0.2, -0.15) is 0 Å². The number of amides is 2. The van der Waals surface area contributed by atoms with Crippen molar-refractivity contribution >= 4 is 47.6 Å². The zero-order valence-corrected chi connectivity index (χ0v) is 43.9. The van der Waals surface area contributed by atoms with Crippen molar-refractivity contribution in [2.24, 2.45) is 0 Å². The van der Waals surface area contributed by atoms with Gasteiger partial charge in [0.1, 0.15) is 0 Å². The van der Waals surface area contributed by atoms with Crippen LogP contribution in [0.4, 0.5) is 0 Å². The number of carboxylic acids is 6. The Morgan fingerprint density at radius 3 is 0.946 bits per heavy atom. The van der Waals surface area contributed by atoms with E-state index in [1.165, 1.54) is 24.3 Å². The molecule has 0 spiro atoms. The number of nitrogens with zero attached hydrogens (tertiary/aromatic N) is 8. The number of carbonyl (C=O) groups is 8. The molecule has 0 saturated heterocycles. The summed E-state index contributed by atoms with van der Waals surface area (Å²) in [6.45, 7) is -0.448. The minimum atomic E-state index is -1.40. The van der Waals surface area contributed by atoms with Crippen LogP contribution < -0.4 is 41.3 Å². The standard InChI is InChI=1S/C48H64N10O14.2Tm/c59-41(60)29-53-17-21-57(22-18-54(30-42(61)62)26-36-6-1-5-35(25-53)51-36)39(47(69)70)9-3-15-49-45(67)33-11-13-34(14-12-33)46(68)50-16-4-10-40(48(71)72)58-23-19-55(31-43(63)64)27-37-7-2-8-38(52-37)28-56(20-24-58)32-44(65)66;;/h1-2,5-8,11-14,39-40H,3-4,9-10,15-32H2,(H,49,67)(H,50,68)(H,59,60)(H,61,62)(H,63,64)(H,65,66)(H,69,70)(H,71,72);;/q;2*+3/p-6. The average molecular weight is 1340 g/mol. The van der Waals surface area contributed by atoms with Gasteiger partial charge >= 0.3 is 73.7 Å². The molecule has 0 aliphatic carbocycles. The Hall–Kier alpha value is -4.49. The molecule has 410 valence electrons. The number of fused-ring (bicyclic) bond motifs is 4. The number of benzene rings is 1. The second kappa shape index (κ2) is 32.8. The van der Waals surface area contributed by atoms with Gasteiger partial charge in [0, 0.05) is 141 Å². The number of pyridine rings is 2. The normalized spacial score (nSPS) is 16.6. The van der Waals surface area contributed by atoms with Gasteiger partial charge in [0.2, 0.25) is 0 Å². The Kier molecular flexibility index (Phi) is 28.3. The van der Waals surface area contributed by atoms with Crippen LogP contribution >= 0.6 is 0 Å². The number of carboxylic acid groups (broad SMARTS) is 6. The number of aromatic nitrogens is 2. The summed E-state index contributed by atoms with van der Waals surface area (Å²) in [5, 5.41) is 76.9. The molecule has 1 aromatic carbocycles. The van der Waals surface area contributed by atoms with Crippen molar-refractivity contribution in [1.82, 2.24) is 50.0 Å². The summed E-state index contributed by atoms with van der Waals surface area (Å²) in [6, 6.07) is 13.6. The molecule has 0 radical (unpaired) electrons. The maximum atomic E-state index is 13.1. The Labute approximate surface area is 486 Å². The summed E-state index contributed by atoms with van der Waals surface area (Å²) >= 11 is 0. The molecule has 2 N–H and O–H groups in total. The van der Waals surface area contributed by atoms with E-state index >= 15 is 0 Å². The maximum Gasteiger partial charge on any atom is 3.00 e. The van der Waals surface area contributed by atoms with E-state index in [1.807, 2.05) is 0 Å². The first-order chi connectivity index (χ1) is 34.4. The largest absolute Gasteiger partial charge is 3.00 e. The van der Waals surface area contributed by atoms with E-state index in [-0.39, 0.29) is 202 Å². The van der Waals surface area contributed by atoms with Crippen molar-refractivity contribution in [1.29, 1.82) is 0 Å². The molecule has 74 heavy (non-hydrogen) atoms. The SMILES string of the molecule is O=C([O-])CN1CCN(C(CCCNC(=O)c2ccc(C(=O)NCCCC(C(=O)[O-])N3CCN(CC(=O)[O-])Cc4cccc(n4)CN(CC(=O)[O-])CC3)cc2)C(=O)[O-])CCN(CC(=O)[O-])Cc2cccc(n2)C1.[Tm+3].[Tm+3]. The molecule has 2 aromatic heterocycles. The van der Waals surface area contributed by atoms with E-state index in [4.69, 9.17) is 0 Å². The van der Waals surface area contributed by atoms with Crippen LogP contribution in [0.3, 0.4) is 0 Å². The van der Waals surface area contributed by atoms with Crippen LogP contribution in [0.15, 0.2) is 60.7 Å². The van der Waals surface area contributed by atoms with Gasteiger partial charge in [0.05, 0.1) is 58.6 Å². The molecule has 0 saturated carbocycles. The topological polar surface area (TPSA) is 344 Å². The van der Waals surface area contributed by atoms with E-state index in [0.717, 1.165) is 0 Å². The molecule has 4 bridgehead atoms. The Balaban J connectivity index is 0.00000722. The molecule has 2 atom stereocenters. The fourth-order valence-electron chi connectivity index (χ4n) is 8.71. The van der Waals surface area contributed by atoms with Gasteiger partial charge in [-0.25, -0.2) is 0 Å². The third kappa shape index (κ3) is 22.4. The molecule has 4 heterocycles. The average Bonchev–Trinajstić information content (AvgIpc) is 3.30. The quantitative estimate of drug-likeness (QED) is 0.0883. The monoisotopic (exact) mass is 1340 g/mol. The molecular weight excluding hydrogens is 1280 g/mol. The van der Waals surface area contributed by atoms with Crippen molar-refractivity contribution in [2.45, 2.75) is 63.9 Å². The van der Waals surface area contributed by atoms with Crippen molar-refractivity contribution < 1.29 is 143 Å². The van der Waals surface area contributed by atoms with E-state index < -0.39 is 85.9 Å². The van der Waals surface area contributed by atoms with Gasteiger partial charge in [-0.3, -0.25) is 49.0 Å². The molecular formula is C48H58N10O14Tm2. The first-order valence-corrected chi connectivity index (χ1v) is 23.6. The van der Waals surface area contributed by atoms with Crippen LogP contribution in [0.5, 0.6) is 0 Å². The summed E-state index contributed by atoms with van der Waals surface area (Å²) < 4.78 is 0. The summed E-state index contributed by atoms with van der Waals surface area (Å²) in [7, 11) is 0. The van der Waals surface area contributed by atoms with Gasteiger partial charge in [-0.15, -0.1) is 0 Å². The summed E-state index contributed by atoms with van der Waals surface area (Å²) in [6.07, 6.45) is 0.410. The molecule has 3 aromatic rings. The first-order valence-electron chi connectivity index (χ1n) is 23.6. The molecule has 0 fully saturated rings. The fourth-order valence-corrected chi connectivity index (χ4v) is 8.71. The molecule has 2 aliphatic rings. The number of nitrogens with one attached hydrogen (secondary N) is 2. The number of carbonyl (C=O) groups excluding carboxylic acids is 8. The predicted octanol–water partition coefficient (Wildman–Crippen LogP) is -8.03.